The number of halogens is 1. The molecule has 1 heterocycles. The van der Waals surface area contributed by atoms with E-state index in [9.17, 15) is 4.57 Å². The molecule has 0 aliphatic carbocycles. The molecule has 36 heavy (non-hydrogen) atoms. The minimum atomic E-state index is -3.08. The highest BCUT2D eigenvalue weighted by Gasteiger charge is 2.27. The fourth-order valence-corrected chi connectivity index (χ4v) is 6.66. The van der Waals surface area contributed by atoms with Crippen LogP contribution in [0.3, 0.4) is 0 Å². The smallest absolute Gasteiger partial charge is 0.309 e. The molecular weight excluding hydrogens is 491 g/mol. The Balaban J connectivity index is 1.37. The zero-order valence-electron chi connectivity index (χ0n) is 21.2. The van der Waals surface area contributed by atoms with Crippen LogP contribution < -0.4 is 0 Å². The highest BCUT2D eigenvalue weighted by molar-refractivity contribution is 7.53. The van der Waals surface area contributed by atoms with Gasteiger partial charge in [-0.25, -0.2) is 0 Å². The van der Waals surface area contributed by atoms with E-state index in [-0.39, 0.29) is 6.04 Å². The van der Waals surface area contributed by atoms with Gasteiger partial charge < -0.3 is 9.05 Å². The summed E-state index contributed by atoms with van der Waals surface area (Å²) in [4.78, 5) is 5.07. The molecule has 1 saturated heterocycles. The van der Waals surface area contributed by atoms with Crippen molar-refractivity contribution in [2.75, 3.05) is 39.4 Å². The van der Waals surface area contributed by atoms with E-state index in [1.807, 2.05) is 38.1 Å². The third kappa shape index (κ3) is 7.29. The van der Waals surface area contributed by atoms with Crippen LogP contribution in [0.25, 0.3) is 0 Å². The Bertz CT molecular complexity index is 1110. The summed E-state index contributed by atoms with van der Waals surface area (Å²) < 4.78 is 23.7. The van der Waals surface area contributed by atoms with Gasteiger partial charge in [0, 0.05) is 37.7 Å². The molecule has 1 aliphatic rings. The average Bonchev–Trinajstić information content (AvgIpc) is 2.88. The minimum absolute atomic E-state index is 0.219. The number of benzene rings is 3. The fraction of sp³-hybridized carbons (Fsp3) is 0.379. The summed E-state index contributed by atoms with van der Waals surface area (Å²) in [6.07, 6.45) is 0.305. The molecule has 7 heteroatoms. The maximum Gasteiger partial charge on any atom is 0.335 e. The van der Waals surface area contributed by atoms with Gasteiger partial charge in [0.15, 0.2) is 0 Å². The number of piperazine rings is 1. The first-order valence-corrected chi connectivity index (χ1v) is 14.8. The van der Waals surface area contributed by atoms with Crippen molar-refractivity contribution in [1.82, 2.24) is 9.80 Å². The van der Waals surface area contributed by atoms with E-state index in [2.05, 4.69) is 64.4 Å². The van der Waals surface area contributed by atoms with E-state index in [1.54, 1.807) is 0 Å². The molecule has 1 fully saturated rings. The lowest BCUT2D eigenvalue weighted by Gasteiger charge is -2.40. The number of rotatable bonds is 11. The molecule has 5 nitrogen and oxygen atoms in total. The summed E-state index contributed by atoms with van der Waals surface area (Å²) in [6.45, 7) is 9.33. The molecule has 0 saturated carbocycles. The van der Waals surface area contributed by atoms with Gasteiger partial charge in [-0.15, -0.1) is 0 Å². The van der Waals surface area contributed by atoms with Crippen molar-refractivity contribution in [3.05, 3.63) is 106 Å². The third-order valence-electron chi connectivity index (χ3n) is 6.53. The van der Waals surface area contributed by atoms with Crippen molar-refractivity contribution in [2.24, 2.45) is 0 Å². The third-order valence-corrected chi connectivity index (χ3v) is 8.84. The number of hydrogen-bond donors (Lipinski definition) is 0. The molecule has 0 N–H and O–H groups in total. The van der Waals surface area contributed by atoms with Crippen LogP contribution >= 0.6 is 19.2 Å². The highest BCUT2D eigenvalue weighted by Crippen LogP contribution is 2.51. The molecule has 0 bridgehead atoms. The van der Waals surface area contributed by atoms with Gasteiger partial charge in [-0.1, -0.05) is 78.3 Å². The molecule has 3 aromatic rings. The SMILES string of the molecule is CCOP(=O)(Cc1ccc(CN2CCN(C(c3ccccc3)c3ccc(Cl)cc3)CC2)cc1)OCC. The van der Waals surface area contributed by atoms with E-state index >= 15 is 0 Å². The first kappa shape index (κ1) is 27.1. The molecule has 192 valence electrons. The lowest BCUT2D eigenvalue weighted by molar-refractivity contribution is 0.105. The van der Waals surface area contributed by atoms with Crippen molar-refractivity contribution >= 4 is 19.2 Å². The van der Waals surface area contributed by atoms with Crippen molar-refractivity contribution < 1.29 is 13.6 Å². The van der Waals surface area contributed by atoms with Gasteiger partial charge in [0.05, 0.1) is 25.4 Å². The molecule has 4 rings (SSSR count). The van der Waals surface area contributed by atoms with Crippen LogP contribution in [0.15, 0.2) is 78.9 Å². The lowest BCUT2D eigenvalue weighted by Crippen LogP contribution is -2.47. The lowest BCUT2D eigenvalue weighted by atomic mass is 9.96. The summed E-state index contributed by atoms with van der Waals surface area (Å²) >= 11 is 6.17. The highest BCUT2D eigenvalue weighted by atomic mass is 35.5. The molecule has 1 unspecified atom stereocenters. The monoisotopic (exact) mass is 526 g/mol. The Morgan fingerprint density at radius 1 is 0.778 bits per heavy atom. The van der Waals surface area contributed by atoms with E-state index < -0.39 is 7.60 Å². The zero-order valence-corrected chi connectivity index (χ0v) is 22.8. The Morgan fingerprint density at radius 3 is 1.92 bits per heavy atom. The Hall–Kier alpha value is -1.98. The molecule has 3 aromatic carbocycles. The van der Waals surface area contributed by atoms with Gasteiger partial charge in [-0.3, -0.25) is 14.4 Å². The average molecular weight is 527 g/mol. The summed E-state index contributed by atoms with van der Waals surface area (Å²) in [5.41, 5.74) is 4.81. The van der Waals surface area contributed by atoms with E-state index in [4.69, 9.17) is 20.6 Å². The predicted octanol–water partition coefficient (Wildman–Crippen LogP) is 7.01. The second-order valence-electron chi connectivity index (χ2n) is 9.10. The van der Waals surface area contributed by atoms with Gasteiger partial charge in [0.1, 0.15) is 0 Å². The quantitative estimate of drug-likeness (QED) is 0.251. The maximum absolute atomic E-state index is 12.8. The van der Waals surface area contributed by atoms with Crippen LogP contribution in [0.2, 0.25) is 5.02 Å². The standard InChI is InChI=1S/C29H36ClN2O3P/c1-3-34-36(33,35-4-2)23-25-12-10-24(11-13-25)22-31-18-20-32(21-19-31)29(26-8-6-5-7-9-26)27-14-16-28(30)17-15-27/h5-17,29H,3-4,18-23H2,1-2H3. The summed E-state index contributed by atoms with van der Waals surface area (Å²) in [6, 6.07) is 27.5. The van der Waals surface area contributed by atoms with Crippen molar-refractivity contribution in [3.8, 4) is 0 Å². The van der Waals surface area contributed by atoms with Crippen LogP contribution in [-0.2, 0) is 26.3 Å². The number of hydrogen-bond acceptors (Lipinski definition) is 5. The Labute approximate surface area is 220 Å². The molecule has 0 spiro atoms. The molecule has 0 radical (unpaired) electrons. The Morgan fingerprint density at radius 2 is 1.33 bits per heavy atom. The van der Waals surface area contributed by atoms with Crippen LogP contribution in [0.1, 0.15) is 42.1 Å². The normalized spacial score (nSPS) is 16.2. The van der Waals surface area contributed by atoms with Crippen molar-refractivity contribution in [1.29, 1.82) is 0 Å². The van der Waals surface area contributed by atoms with E-state index in [0.29, 0.717) is 19.4 Å². The van der Waals surface area contributed by atoms with Gasteiger partial charge in [0.25, 0.3) is 0 Å². The predicted molar refractivity (Wildman–Crippen MR) is 148 cm³/mol. The van der Waals surface area contributed by atoms with E-state index in [0.717, 1.165) is 43.3 Å². The van der Waals surface area contributed by atoms with Crippen LogP contribution in [0.4, 0.5) is 0 Å². The van der Waals surface area contributed by atoms with Gasteiger partial charge in [-0.2, -0.15) is 0 Å². The second-order valence-corrected chi connectivity index (χ2v) is 11.6. The zero-order chi connectivity index (χ0) is 25.4. The summed E-state index contributed by atoms with van der Waals surface area (Å²) in [5, 5.41) is 0.764. The van der Waals surface area contributed by atoms with Crippen LogP contribution in [0, 0.1) is 0 Å². The summed E-state index contributed by atoms with van der Waals surface area (Å²) in [7, 11) is -3.08. The van der Waals surface area contributed by atoms with Gasteiger partial charge in [0.2, 0.25) is 0 Å². The molecule has 1 atom stereocenters. The molecule has 0 amide bonds. The van der Waals surface area contributed by atoms with E-state index in [1.165, 1.54) is 16.7 Å². The van der Waals surface area contributed by atoms with Gasteiger partial charge >= 0.3 is 7.60 Å². The fourth-order valence-electron chi connectivity index (χ4n) is 4.83. The van der Waals surface area contributed by atoms with Crippen molar-refractivity contribution in [3.63, 3.8) is 0 Å². The largest absolute Gasteiger partial charge is 0.335 e. The molecular formula is C29H36ClN2O3P. The number of nitrogens with zero attached hydrogens (tertiary/aromatic N) is 2. The summed E-state index contributed by atoms with van der Waals surface area (Å²) in [5.74, 6) is 0. The first-order chi connectivity index (χ1) is 17.5. The topological polar surface area (TPSA) is 42.0 Å². The minimum Gasteiger partial charge on any atom is -0.309 e. The Kier molecular flexibility index (Phi) is 9.78. The molecule has 1 aliphatic heterocycles. The van der Waals surface area contributed by atoms with Crippen LogP contribution in [0.5, 0.6) is 0 Å². The molecule has 0 aromatic heterocycles. The van der Waals surface area contributed by atoms with Crippen LogP contribution in [-0.4, -0.2) is 49.2 Å². The maximum atomic E-state index is 12.8. The second kappa shape index (κ2) is 13.0. The van der Waals surface area contributed by atoms with Crippen molar-refractivity contribution in [2.45, 2.75) is 32.6 Å². The first-order valence-electron chi connectivity index (χ1n) is 12.7. The van der Waals surface area contributed by atoms with Gasteiger partial charge in [-0.05, 0) is 48.2 Å².